The number of rotatable bonds is 5. The second-order valence-electron chi connectivity index (χ2n) is 8.22. The van der Waals surface area contributed by atoms with Crippen LogP contribution in [0.4, 0.5) is 4.79 Å². The van der Waals surface area contributed by atoms with E-state index in [1.165, 1.54) is 12.8 Å². The number of hydrogen-bond donors (Lipinski definition) is 3. The van der Waals surface area contributed by atoms with Crippen LogP contribution in [0.15, 0.2) is 0 Å². The number of hydrogen-bond acceptors (Lipinski definition) is 3. The van der Waals surface area contributed by atoms with E-state index in [9.17, 15) is 9.90 Å². The molecule has 0 saturated heterocycles. The van der Waals surface area contributed by atoms with Crippen molar-refractivity contribution in [3.05, 3.63) is 0 Å². The van der Waals surface area contributed by atoms with Gasteiger partial charge in [-0.05, 0) is 58.5 Å². The molecule has 2 unspecified atom stereocenters. The topological polar surface area (TPSA) is 64.6 Å². The van der Waals surface area contributed by atoms with Gasteiger partial charge in [-0.15, -0.1) is 0 Å². The average molecular weight is 325 g/mol. The van der Waals surface area contributed by atoms with E-state index in [1.54, 1.807) is 0 Å². The molecule has 2 atom stereocenters. The minimum Gasteiger partial charge on any atom is -0.392 e. The van der Waals surface area contributed by atoms with Crippen molar-refractivity contribution in [2.75, 3.05) is 27.2 Å². The van der Waals surface area contributed by atoms with Gasteiger partial charge in [0.2, 0.25) is 0 Å². The van der Waals surface area contributed by atoms with Gasteiger partial charge in [0.1, 0.15) is 0 Å². The van der Waals surface area contributed by atoms with E-state index in [2.05, 4.69) is 36.6 Å². The molecule has 2 saturated carbocycles. The van der Waals surface area contributed by atoms with Crippen LogP contribution in [0.25, 0.3) is 0 Å². The summed E-state index contributed by atoms with van der Waals surface area (Å²) in [4.78, 5) is 14.4. The fourth-order valence-corrected chi connectivity index (χ4v) is 4.11. The molecule has 0 radical (unpaired) electrons. The highest BCUT2D eigenvalue weighted by atomic mass is 16.3. The predicted octanol–water partition coefficient (Wildman–Crippen LogP) is 2.35. The minimum absolute atomic E-state index is 0.0694. The van der Waals surface area contributed by atoms with Crippen molar-refractivity contribution in [2.24, 2.45) is 11.3 Å². The largest absolute Gasteiger partial charge is 0.392 e. The number of nitrogens with one attached hydrogen (secondary N) is 2. The summed E-state index contributed by atoms with van der Waals surface area (Å²) < 4.78 is 0. The first kappa shape index (κ1) is 18.5. The summed E-state index contributed by atoms with van der Waals surface area (Å²) in [5, 5.41) is 16.3. The second-order valence-corrected chi connectivity index (χ2v) is 8.22. The first-order chi connectivity index (χ1) is 10.9. The molecule has 2 fully saturated rings. The highest BCUT2D eigenvalue weighted by Crippen LogP contribution is 2.35. The Balaban J connectivity index is 1.67. The van der Waals surface area contributed by atoms with Crippen LogP contribution in [-0.2, 0) is 0 Å². The van der Waals surface area contributed by atoms with Crippen LogP contribution in [0, 0.1) is 11.3 Å². The Labute approximate surface area is 141 Å². The van der Waals surface area contributed by atoms with Gasteiger partial charge in [0.15, 0.2) is 0 Å². The van der Waals surface area contributed by atoms with Gasteiger partial charge in [-0.25, -0.2) is 4.79 Å². The molecule has 0 aromatic carbocycles. The summed E-state index contributed by atoms with van der Waals surface area (Å²) in [7, 11) is 4.25. The molecule has 5 nitrogen and oxygen atoms in total. The Kier molecular flexibility index (Phi) is 6.72. The molecule has 2 aliphatic rings. The van der Waals surface area contributed by atoms with Gasteiger partial charge in [0.05, 0.1) is 6.10 Å². The van der Waals surface area contributed by atoms with Crippen molar-refractivity contribution in [3.63, 3.8) is 0 Å². The lowest BCUT2D eigenvalue weighted by Gasteiger charge is -2.38. The highest BCUT2D eigenvalue weighted by Gasteiger charge is 2.35. The summed E-state index contributed by atoms with van der Waals surface area (Å²) in [6, 6.07) is 0.234. The first-order valence-corrected chi connectivity index (χ1v) is 9.26. The van der Waals surface area contributed by atoms with E-state index in [0.29, 0.717) is 12.6 Å². The summed E-state index contributed by atoms with van der Waals surface area (Å²) >= 11 is 0. The van der Waals surface area contributed by atoms with Crippen molar-refractivity contribution < 1.29 is 9.90 Å². The second kappa shape index (κ2) is 8.34. The van der Waals surface area contributed by atoms with E-state index in [1.807, 2.05) is 0 Å². The molecule has 2 amide bonds. The van der Waals surface area contributed by atoms with Crippen molar-refractivity contribution in [3.8, 4) is 0 Å². The number of carbonyl (C=O) groups excluding carboxylic acids is 1. The molecule has 0 bridgehead atoms. The molecule has 2 rings (SSSR count). The molecule has 0 aliphatic heterocycles. The van der Waals surface area contributed by atoms with Crippen LogP contribution >= 0.6 is 0 Å². The molecule has 0 aromatic heterocycles. The van der Waals surface area contributed by atoms with Crippen LogP contribution in [0.1, 0.15) is 58.3 Å². The SMILES string of the molecule is CN(C)CC1CCC(NC(=O)NCC2(C)CCCCC2O)CC1. The zero-order chi connectivity index (χ0) is 16.9. The highest BCUT2D eigenvalue weighted by molar-refractivity contribution is 5.74. The monoisotopic (exact) mass is 325 g/mol. The summed E-state index contributed by atoms with van der Waals surface area (Å²) in [5.74, 6) is 0.766. The van der Waals surface area contributed by atoms with Gasteiger partial charge in [0, 0.05) is 24.5 Å². The van der Waals surface area contributed by atoms with Gasteiger partial charge in [-0.2, -0.15) is 0 Å². The molecule has 0 heterocycles. The van der Waals surface area contributed by atoms with Crippen LogP contribution in [0.3, 0.4) is 0 Å². The summed E-state index contributed by atoms with van der Waals surface area (Å²) in [6.07, 6.45) is 8.33. The summed E-state index contributed by atoms with van der Waals surface area (Å²) in [6.45, 7) is 3.80. The average Bonchev–Trinajstić information content (AvgIpc) is 2.50. The zero-order valence-electron chi connectivity index (χ0n) is 15.1. The molecular weight excluding hydrogens is 290 g/mol. The number of aliphatic hydroxyl groups is 1. The van der Waals surface area contributed by atoms with Gasteiger partial charge in [0.25, 0.3) is 0 Å². The third kappa shape index (κ3) is 5.64. The lowest BCUT2D eigenvalue weighted by molar-refractivity contribution is 0.00302. The van der Waals surface area contributed by atoms with Crippen molar-refractivity contribution in [1.82, 2.24) is 15.5 Å². The third-order valence-corrected chi connectivity index (χ3v) is 5.74. The van der Waals surface area contributed by atoms with Crippen LogP contribution in [-0.4, -0.2) is 55.4 Å². The van der Waals surface area contributed by atoms with Crippen molar-refractivity contribution >= 4 is 6.03 Å². The van der Waals surface area contributed by atoms with Gasteiger partial charge in [-0.3, -0.25) is 0 Å². The zero-order valence-corrected chi connectivity index (χ0v) is 15.1. The van der Waals surface area contributed by atoms with Crippen molar-refractivity contribution in [2.45, 2.75) is 70.4 Å². The molecular formula is C18H35N3O2. The fourth-order valence-electron chi connectivity index (χ4n) is 4.11. The van der Waals surface area contributed by atoms with E-state index in [-0.39, 0.29) is 17.6 Å². The lowest BCUT2D eigenvalue weighted by atomic mass is 9.73. The van der Waals surface area contributed by atoms with Crippen molar-refractivity contribution in [1.29, 1.82) is 0 Å². The Hall–Kier alpha value is -0.810. The lowest BCUT2D eigenvalue weighted by Crippen LogP contribution is -2.50. The molecule has 0 aromatic rings. The van der Waals surface area contributed by atoms with E-state index in [4.69, 9.17) is 0 Å². The maximum atomic E-state index is 12.2. The van der Waals surface area contributed by atoms with E-state index >= 15 is 0 Å². The predicted molar refractivity (Wildman–Crippen MR) is 93.4 cm³/mol. The van der Waals surface area contributed by atoms with Gasteiger partial charge < -0.3 is 20.6 Å². The molecule has 5 heteroatoms. The number of urea groups is 1. The Morgan fingerprint density at radius 2 is 1.87 bits per heavy atom. The molecule has 3 N–H and O–H groups in total. The Morgan fingerprint density at radius 3 is 2.48 bits per heavy atom. The maximum Gasteiger partial charge on any atom is 0.315 e. The van der Waals surface area contributed by atoms with E-state index < -0.39 is 0 Å². The van der Waals surface area contributed by atoms with E-state index in [0.717, 1.165) is 51.0 Å². The third-order valence-electron chi connectivity index (χ3n) is 5.74. The number of aliphatic hydroxyl groups excluding tert-OH is 1. The standard InChI is InChI=1S/C18H35N3O2/c1-18(11-5-4-6-16(18)22)13-19-17(23)20-15-9-7-14(8-10-15)12-21(2)3/h14-16,22H,4-13H2,1-3H3,(H2,19,20,23). The summed E-state index contributed by atoms with van der Waals surface area (Å²) in [5.41, 5.74) is -0.168. The Morgan fingerprint density at radius 1 is 1.17 bits per heavy atom. The minimum atomic E-state index is -0.293. The van der Waals surface area contributed by atoms with Gasteiger partial charge >= 0.3 is 6.03 Å². The smallest absolute Gasteiger partial charge is 0.315 e. The molecule has 0 spiro atoms. The number of carbonyl (C=O) groups is 1. The Bertz CT molecular complexity index is 380. The van der Waals surface area contributed by atoms with Crippen LogP contribution in [0.2, 0.25) is 0 Å². The van der Waals surface area contributed by atoms with Gasteiger partial charge in [-0.1, -0.05) is 19.8 Å². The van der Waals surface area contributed by atoms with Crippen LogP contribution in [0.5, 0.6) is 0 Å². The van der Waals surface area contributed by atoms with Crippen LogP contribution < -0.4 is 10.6 Å². The number of nitrogens with zero attached hydrogens (tertiary/aromatic N) is 1. The quantitative estimate of drug-likeness (QED) is 0.727. The molecule has 2 aliphatic carbocycles. The first-order valence-electron chi connectivity index (χ1n) is 9.26. The number of amides is 2. The normalized spacial score (nSPS) is 35.1. The fraction of sp³-hybridized carbons (Fsp3) is 0.944. The maximum absolute atomic E-state index is 12.2. The molecule has 23 heavy (non-hydrogen) atoms. The molecule has 134 valence electrons.